The van der Waals surface area contributed by atoms with Crippen LogP contribution in [0.3, 0.4) is 0 Å². The third-order valence-electron chi connectivity index (χ3n) is 3.09. The molecule has 3 rings (SSSR count). The molecule has 86 valence electrons. The van der Waals surface area contributed by atoms with Crippen molar-refractivity contribution in [3.05, 3.63) is 41.7 Å². The van der Waals surface area contributed by atoms with Crippen molar-refractivity contribution in [3.8, 4) is 11.3 Å². The van der Waals surface area contributed by atoms with Gasteiger partial charge in [-0.25, -0.2) is 4.98 Å². The molecule has 4 nitrogen and oxygen atoms in total. The lowest BCUT2D eigenvalue weighted by Crippen LogP contribution is -2.24. The Morgan fingerprint density at radius 1 is 1.18 bits per heavy atom. The molecule has 0 saturated heterocycles. The van der Waals surface area contributed by atoms with Crippen molar-refractivity contribution in [1.82, 2.24) is 15.3 Å². The monoisotopic (exact) mass is 226 g/mol. The topological polar surface area (TPSA) is 63.8 Å². The van der Waals surface area contributed by atoms with Crippen molar-refractivity contribution in [3.63, 3.8) is 0 Å². The molecule has 1 aliphatic heterocycles. The highest BCUT2D eigenvalue weighted by atomic mass is 14.9. The second-order valence-corrected chi connectivity index (χ2v) is 4.20. The zero-order valence-corrected chi connectivity index (χ0v) is 9.48. The highest BCUT2D eigenvalue weighted by Gasteiger charge is 2.14. The van der Waals surface area contributed by atoms with Crippen LogP contribution in [-0.2, 0) is 13.0 Å². The first-order valence-corrected chi connectivity index (χ1v) is 5.74. The summed E-state index contributed by atoms with van der Waals surface area (Å²) in [5.41, 5.74) is 10.4. The Bertz CT molecular complexity index is 534. The molecule has 0 fully saturated rings. The molecule has 0 spiro atoms. The van der Waals surface area contributed by atoms with Gasteiger partial charge < -0.3 is 11.1 Å². The van der Waals surface area contributed by atoms with Crippen LogP contribution in [0.4, 0.5) is 5.82 Å². The van der Waals surface area contributed by atoms with E-state index in [1.54, 1.807) is 12.4 Å². The molecule has 0 atom stereocenters. The largest absolute Gasteiger partial charge is 0.382 e. The number of rotatable bonds is 1. The molecular formula is C13H14N4. The summed E-state index contributed by atoms with van der Waals surface area (Å²) in [6.45, 7) is 1.96. The molecule has 0 aliphatic carbocycles. The van der Waals surface area contributed by atoms with E-state index in [1.165, 1.54) is 16.7 Å². The van der Waals surface area contributed by atoms with Gasteiger partial charge in [0.15, 0.2) is 0 Å². The molecule has 0 radical (unpaired) electrons. The van der Waals surface area contributed by atoms with Crippen LogP contribution >= 0.6 is 0 Å². The predicted octanol–water partition coefficient (Wildman–Crippen LogP) is 1.37. The predicted molar refractivity (Wildman–Crippen MR) is 67.3 cm³/mol. The molecule has 1 aliphatic rings. The molecule has 17 heavy (non-hydrogen) atoms. The van der Waals surface area contributed by atoms with Gasteiger partial charge in [0.2, 0.25) is 0 Å². The summed E-state index contributed by atoms with van der Waals surface area (Å²) in [6.07, 6.45) is 4.39. The maximum Gasteiger partial charge on any atom is 0.141 e. The van der Waals surface area contributed by atoms with Crippen LogP contribution in [0.2, 0.25) is 0 Å². The highest BCUT2D eigenvalue weighted by molar-refractivity contribution is 5.65. The van der Waals surface area contributed by atoms with E-state index in [-0.39, 0.29) is 0 Å². The standard InChI is InChI=1S/C13H14N4/c14-13-8-16-12(7-17-13)11-3-1-2-9-6-15-5-4-10(9)11/h1-3,7-8,15H,4-6H2,(H2,14,17). The van der Waals surface area contributed by atoms with E-state index in [1.807, 2.05) is 0 Å². The molecule has 2 aromatic rings. The lowest BCUT2D eigenvalue weighted by molar-refractivity contribution is 0.644. The van der Waals surface area contributed by atoms with E-state index >= 15 is 0 Å². The third-order valence-corrected chi connectivity index (χ3v) is 3.09. The van der Waals surface area contributed by atoms with Gasteiger partial charge in [-0.2, -0.15) is 0 Å². The number of hydrogen-bond donors (Lipinski definition) is 2. The van der Waals surface area contributed by atoms with Crippen LogP contribution < -0.4 is 11.1 Å². The molecular weight excluding hydrogens is 212 g/mol. The smallest absolute Gasteiger partial charge is 0.141 e. The molecule has 0 amide bonds. The summed E-state index contributed by atoms with van der Waals surface area (Å²) >= 11 is 0. The van der Waals surface area contributed by atoms with Crippen molar-refractivity contribution in [2.24, 2.45) is 0 Å². The highest BCUT2D eigenvalue weighted by Crippen LogP contribution is 2.26. The van der Waals surface area contributed by atoms with Gasteiger partial charge in [-0.05, 0) is 24.1 Å². The number of nitrogens with zero attached hydrogens (tertiary/aromatic N) is 2. The lowest BCUT2D eigenvalue weighted by Gasteiger charge is -2.19. The Labute approximate surface area is 99.9 Å². The van der Waals surface area contributed by atoms with Crippen LogP contribution in [0.25, 0.3) is 11.3 Å². The van der Waals surface area contributed by atoms with Crippen molar-refractivity contribution in [2.45, 2.75) is 13.0 Å². The number of anilines is 1. The third kappa shape index (κ3) is 1.87. The number of nitrogens with two attached hydrogens (primary N) is 1. The second kappa shape index (κ2) is 4.14. The first-order valence-electron chi connectivity index (χ1n) is 5.74. The van der Waals surface area contributed by atoms with Gasteiger partial charge in [-0.15, -0.1) is 0 Å². The molecule has 1 aromatic carbocycles. The molecule has 0 unspecified atom stereocenters. The average Bonchev–Trinajstić information content (AvgIpc) is 2.39. The summed E-state index contributed by atoms with van der Waals surface area (Å²) in [4.78, 5) is 8.45. The summed E-state index contributed by atoms with van der Waals surface area (Å²) in [6, 6.07) is 6.33. The van der Waals surface area contributed by atoms with E-state index in [9.17, 15) is 0 Å². The quantitative estimate of drug-likeness (QED) is 0.771. The normalized spacial score (nSPS) is 14.4. The molecule has 2 heterocycles. The number of nitrogens with one attached hydrogen (secondary N) is 1. The minimum Gasteiger partial charge on any atom is -0.382 e. The fourth-order valence-corrected chi connectivity index (χ4v) is 2.25. The minimum atomic E-state index is 0.459. The zero-order chi connectivity index (χ0) is 11.7. The van der Waals surface area contributed by atoms with Gasteiger partial charge in [-0.1, -0.05) is 18.2 Å². The summed E-state index contributed by atoms with van der Waals surface area (Å²) in [7, 11) is 0. The number of benzene rings is 1. The van der Waals surface area contributed by atoms with Crippen molar-refractivity contribution < 1.29 is 0 Å². The fraction of sp³-hybridized carbons (Fsp3) is 0.231. The van der Waals surface area contributed by atoms with Gasteiger partial charge in [0.05, 0.1) is 18.1 Å². The second-order valence-electron chi connectivity index (χ2n) is 4.20. The van der Waals surface area contributed by atoms with Crippen molar-refractivity contribution >= 4 is 5.82 Å². The number of aromatic nitrogens is 2. The number of fused-ring (bicyclic) bond motifs is 1. The van der Waals surface area contributed by atoms with Crippen molar-refractivity contribution in [1.29, 1.82) is 0 Å². The van der Waals surface area contributed by atoms with Gasteiger partial charge in [0.25, 0.3) is 0 Å². The van der Waals surface area contributed by atoms with Gasteiger partial charge in [0, 0.05) is 12.1 Å². The Kier molecular flexibility index (Phi) is 2.49. The lowest BCUT2D eigenvalue weighted by atomic mass is 9.94. The Morgan fingerprint density at radius 3 is 2.94 bits per heavy atom. The Hall–Kier alpha value is -1.94. The number of nitrogen functional groups attached to an aromatic ring is 1. The first kappa shape index (κ1) is 10.2. The molecule has 3 N–H and O–H groups in total. The first-order chi connectivity index (χ1) is 8.34. The number of hydrogen-bond acceptors (Lipinski definition) is 4. The van der Waals surface area contributed by atoms with E-state index in [0.29, 0.717) is 5.82 Å². The van der Waals surface area contributed by atoms with Crippen molar-refractivity contribution in [2.75, 3.05) is 12.3 Å². The maximum absolute atomic E-state index is 5.56. The molecule has 1 aromatic heterocycles. The summed E-state index contributed by atoms with van der Waals surface area (Å²) < 4.78 is 0. The Balaban J connectivity index is 2.11. The molecule has 0 saturated carbocycles. The van der Waals surface area contributed by atoms with Crippen LogP contribution in [-0.4, -0.2) is 16.5 Å². The van der Waals surface area contributed by atoms with E-state index < -0.39 is 0 Å². The van der Waals surface area contributed by atoms with Crippen LogP contribution in [0.15, 0.2) is 30.6 Å². The van der Waals surface area contributed by atoms with Crippen LogP contribution in [0, 0.1) is 0 Å². The van der Waals surface area contributed by atoms with E-state index in [0.717, 1.165) is 25.2 Å². The average molecular weight is 226 g/mol. The van der Waals surface area contributed by atoms with E-state index in [2.05, 4.69) is 33.5 Å². The maximum atomic E-state index is 5.56. The van der Waals surface area contributed by atoms with Crippen LogP contribution in [0.5, 0.6) is 0 Å². The van der Waals surface area contributed by atoms with Gasteiger partial charge >= 0.3 is 0 Å². The Morgan fingerprint density at radius 2 is 2.12 bits per heavy atom. The summed E-state index contributed by atoms with van der Waals surface area (Å²) in [5.74, 6) is 0.459. The zero-order valence-electron chi connectivity index (χ0n) is 9.48. The van der Waals surface area contributed by atoms with Crippen LogP contribution in [0.1, 0.15) is 11.1 Å². The SMILES string of the molecule is Nc1cnc(-c2cccc3c2CCNC3)cn1. The van der Waals surface area contributed by atoms with Gasteiger partial charge in [-0.3, -0.25) is 4.98 Å². The summed E-state index contributed by atoms with van der Waals surface area (Å²) in [5, 5.41) is 3.37. The molecule has 0 bridgehead atoms. The fourth-order valence-electron chi connectivity index (χ4n) is 2.25. The van der Waals surface area contributed by atoms with Gasteiger partial charge in [0.1, 0.15) is 5.82 Å². The molecule has 4 heteroatoms. The van der Waals surface area contributed by atoms with E-state index in [4.69, 9.17) is 5.73 Å². The minimum absolute atomic E-state index is 0.459.